The maximum atomic E-state index is 11.8. The maximum Gasteiger partial charge on any atom is 0.248 e. The average molecular weight is 289 g/mol. The van der Waals surface area contributed by atoms with Crippen LogP contribution >= 0.6 is 11.6 Å². The minimum Gasteiger partial charge on any atom is -0.495 e. The molecule has 0 unspecified atom stereocenters. The summed E-state index contributed by atoms with van der Waals surface area (Å²) in [5.74, 6) is 0.325. The van der Waals surface area contributed by atoms with Crippen molar-refractivity contribution in [1.82, 2.24) is 4.98 Å². The van der Waals surface area contributed by atoms with E-state index in [1.165, 1.54) is 13.2 Å². The molecule has 1 aromatic heterocycles. The third-order valence-corrected chi connectivity index (χ3v) is 2.83. The Balaban J connectivity index is 2.01. The summed E-state index contributed by atoms with van der Waals surface area (Å²) in [4.78, 5) is 15.7. The number of hydrogen-bond donors (Lipinski definition) is 1. The van der Waals surface area contributed by atoms with Gasteiger partial charge < -0.3 is 10.1 Å². The molecule has 1 N–H and O–H groups in total. The second-order valence-electron chi connectivity index (χ2n) is 3.96. The lowest BCUT2D eigenvalue weighted by Gasteiger charge is -2.06. The summed E-state index contributed by atoms with van der Waals surface area (Å²) < 4.78 is 5.04. The number of nitrogens with one attached hydrogen (secondary N) is 1. The highest BCUT2D eigenvalue weighted by atomic mass is 35.5. The molecular formula is C15H13ClN2O2. The van der Waals surface area contributed by atoms with E-state index in [-0.39, 0.29) is 5.91 Å². The molecule has 0 aliphatic heterocycles. The summed E-state index contributed by atoms with van der Waals surface area (Å²) in [5.41, 5.74) is 1.46. The van der Waals surface area contributed by atoms with Crippen LogP contribution in [0.4, 0.5) is 5.69 Å². The van der Waals surface area contributed by atoms with Crippen LogP contribution in [0.2, 0.25) is 5.02 Å². The zero-order valence-electron chi connectivity index (χ0n) is 10.8. The predicted molar refractivity (Wildman–Crippen MR) is 79.9 cm³/mol. The molecule has 20 heavy (non-hydrogen) atoms. The number of pyridine rings is 1. The molecule has 2 aromatic rings. The van der Waals surface area contributed by atoms with Crippen LogP contribution in [0.25, 0.3) is 6.08 Å². The van der Waals surface area contributed by atoms with Gasteiger partial charge in [-0.25, -0.2) is 0 Å². The molecule has 0 saturated heterocycles. The van der Waals surface area contributed by atoms with Crippen LogP contribution in [-0.2, 0) is 4.79 Å². The van der Waals surface area contributed by atoms with Crippen LogP contribution in [0.15, 0.2) is 48.8 Å². The highest BCUT2D eigenvalue weighted by Gasteiger charge is 2.03. The number of anilines is 1. The van der Waals surface area contributed by atoms with E-state index in [2.05, 4.69) is 10.3 Å². The van der Waals surface area contributed by atoms with E-state index in [4.69, 9.17) is 16.3 Å². The van der Waals surface area contributed by atoms with Crippen LogP contribution in [0.3, 0.4) is 0 Å². The van der Waals surface area contributed by atoms with Crippen molar-refractivity contribution in [1.29, 1.82) is 0 Å². The quantitative estimate of drug-likeness (QED) is 0.877. The first-order chi connectivity index (χ1) is 9.69. The first-order valence-corrected chi connectivity index (χ1v) is 6.29. The van der Waals surface area contributed by atoms with Gasteiger partial charge in [-0.3, -0.25) is 9.78 Å². The average Bonchev–Trinajstić information content (AvgIpc) is 2.46. The zero-order chi connectivity index (χ0) is 14.4. The van der Waals surface area contributed by atoms with Crippen molar-refractivity contribution in [3.05, 3.63) is 59.4 Å². The Hall–Kier alpha value is -2.33. The highest BCUT2D eigenvalue weighted by molar-refractivity contribution is 6.32. The van der Waals surface area contributed by atoms with Gasteiger partial charge in [0.15, 0.2) is 0 Å². The van der Waals surface area contributed by atoms with E-state index in [1.54, 1.807) is 42.7 Å². The Morgan fingerprint density at radius 2 is 2.25 bits per heavy atom. The molecule has 0 atom stereocenters. The number of benzene rings is 1. The molecule has 1 amide bonds. The van der Waals surface area contributed by atoms with Gasteiger partial charge in [-0.05, 0) is 35.9 Å². The molecule has 0 aliphatic carbocycles. The highest BCUT2D eigenvalue weighted by Crippen LogP contribution is 2.27. The molecular weight excluding hydrogens is 276 g/mol. The van der Waals surface area contributed by atoms with E-state index in [9.17, 15) is 4.79 Å². The van der Waals surface area contributed by atoms with E-state index in [1.807, 2.05) is 6.07 Å². The molecule has 4 nitrogen and oxygen atoms in total. The standard InChI is InChI=1S/C15H13ClN2O2/c1-20-14-6-5-12(9-13(14)16)18-15(19)7-4-11-3-2-8-17-10-11/h2-10H,1H3,(H,18,19). The van der Waals surface area contributed by atoms with E-state index < -0.39 is 0 Å². The minimum absolute atomic E-state index is 0.241. The number of ether oxygens (including phenoxy) is 1. The van der Waals surface area contributed by atoms with Crippen LogP contribution in [0, 0.1) is 0 Å². The van der Waals surface area contributed by atoms with Crippen molar-refractivity contribution in [2.45, 2.75) is 0 Å². The number of rotatable bonds is 4. The summed E-state index contributed by atoms with van der Waals surface area (Å²) in [7, 11) is 1.54. The van der Waals surface area contributed by atoms with Gasteiger partial charge in [-0.1, -0.05) is 17.7 Å². The number of methoxy groups -OCH3 is 1. The van der Waals surface area contributed by atoms with Gasteiger partial charge in [-0.15, -0.1) is 0 Å². The lowest BCUT2D eigenvalue weighted by atomic mass is 10.2. The summed E-state index contributed by atoms with van der Waals surface area (Å²) in [6.07, 6.45) is 6.48. The van der Waals surface area contributed by atoms with E-state index >= 15 is 0 Å². The molecule has 0 radical (unpaired) electrons. The fraction of sp³-hybridized carbons (Fsp3) is 0.0667. The smallest absolute Gasteiger partial charge is 0.248 e. The Bertz CT molecular complexity index is 627. The van der Waals surface area contributed by atoms with E-state index in [0.29, 0.717) is 16.5 Å². The fourth-order valence-corrected chi connectivity index (χ4v) is 1.83. The van der Waals surface area contributed by atoms with Crippen molar-refractivity contribution >= 4 is 29.3 Å². The van der Waals surface area contributed by atoms with Crippen LogP contribution in [0.5, 0.6) is 5.75 Å². The molecule has 102 valence electrons. The Morgan fingerprint density at radius 3 is 2.90 bits per heavy atom. The van der Waals surface area contributed by atoms with Crippen molar-refractivity contribution < 1.29 is 9.53 Å². The summed E-state index contributed by atoms with van der Waals surface area (Å²) in [6.45, 7) is 0. The summed E-state index contributed by atoms with van der Waals surface area (Å²) in [6, 6.07) is 8.72. The maximum absolute atomic E-state index is 11.8. The number of carbonyl (C=O) groups is 1. The van der Waals surface area contributed by atoms with Crippen molar-refractivity contribution in [2.24, 2.45) is 0 Å². The zero-order valence-corrected chi connectivity index (χ0v) is 11.6. The van der Waals surface area contributed by atoms with Crippen LogP contribution < -0.4 is 10.1 Å². The first-order valence-electron chi connectivity index (χ1n) is 5.91. The number of carbonyl (C=O) groups excluding carboxylic acids is 1. The fourth-order valence-electron chi connectivity index (χ4n) is 1.57. The van der Waals surface area contributed by atoms with Crippen molar-refractivity contribution in [3.8, 4) is 5.75 Å². The lowest BCUT2D eigenvalue weighted by Crippen LogP contribution is -2.07. The first kappa shape index (κ1) is 14.1. The van der Waals surface area contributed by atoms with Crippen molar-refractivity contribution in [2.75, 3.05) is 12.4 Å². The second kappa shape index (κ2) is 6.73. The number of amides is 1. The summed E-state index contributed by atoms with van der Waals surface area (Å²) >= 11 is 5.98. The van der Waals surface area contributed by atoms with E-state index in [0.717, 1.165) is 5.56 Å². The minimum atomic E-state index is -0.241. The topological polar surface area (TPSA) is 51.2 Å². The lowest BCUT2D eigenvalue weighted by molar-refractivity contribution is -0.111. The molecule has 0 aliphatic rings. The molecule has 5 heteroatoms. The Labute approximate surface area is 122 Å². The molecule has 0 bridgehead atoms. The van der Waals surface area contributed by atoms with Crippen LogP contribution in [-0.4, -0.2) is 18.0 Å². The van der Waals surface area contributed by atoms with Gasteiger partial charge in [0.05, 0.1) is 12.1 Å². The molecule has 0 fully saturated rings. The third kappa shape index (κ3) is 3.83. The molecule has 1 aromatic carbocycles. The van der Waals surface area contributed by atoms with Gasteiger partial charge in [0.25, 0.3) is 0 Å². The molecule has 0 spiro atoms. The Kier molecular flexibility index (Phi) is 4.74. The predicted octanol–water partition coefficient (Wildman–Crippen LogP) is 3.40. The van der Waals surface area contributed by atoms with Gasteiger partial charge in [0.2, 0.25) is 5.91 Å². The second-order valence-corrected chi connectivity index (χ2v) is 4.37. The number of aromatic nitrogens is 1. The normalized spacial score (nSPS) is 10.5. The number of hydrogen-bond acceptors (Lipinski definition) is 3. The molecule has 0 saturated carbocycles. The van der Waals surface area contributed by atoms with Gasteiger partial charge in [-0.2, -0.15) is 0 Å². The summed E-state index contributed by atoms with van der Waals surface area (Å²) in [5, 5.41) is 3.16. The molecule has 2 rings (SSSR count). The third-order valence-electron chi connectivity index (χ3n) is 2.53. The van der Waals surface area contributed by atoms with Gasteiger partial charge >= 0.3 is 0 Å². The van der Waals surface area contributed by atoms with Gasteiger partial charge in [0.1, 0.15) is 5.75 Å². The SMILES string of the molecule is COc1ccc(NC(=O)C=Cc2cccnc2)cc1Cl. The monoisotopic (exact) mass is 288 g/mol. The number of halogens is 1. The molecule has 1 heterocycles. The Morgan fingerprint density at radius 1 is 1.40 bits per heavy atom. The van der Waals surface area contributed by atoms with Gasteiger partial charge in [0, 0.05) is 24.2 Å². The largest absolute Gasteiger partial charge is 0.495 e. The van der Waals surface area contributed by atoms with Crippen LogP contribution in [0.1, 0.15) is 5.56 Å². The number of nitrogens with zero attached hydrogens (tertiary/aromatic N) is 1. The van der Waals surface area contributed by atoms with Crippen molar-refractivity contribution in [3.63, 3.8) is 0 Å².